The van der Waals surface area contributed by atoms with E-state index in [2.05, 4.69) is 26.0 Å². The van der Waals surface area contributed by atoms with Crippen molar-refractivity contribution in [2.24, 2.45) is 0 Å². The van der Waals surface area contributed by atoms with Crippen LogP contribution in [0.25, 0.3) is 0 Å². The van der Waals surface area contributed by atoms with Crippen molar-refractivity contribution in [2.45, 2.75) is 18.5 Å². The molecule has 0 bridgehead atoms. The van der Waals surface area contributed by atoms with Gasteiger partial charge in [0.15, 0.2) is 0 Å². The number of rotatable bonds is 3. The topological polar surface area (TPSA) is 26.8 Å². The Labute approximate surface area is 111 Å². The third kappa shape index (κ3) is 2.41. The van der Waals surface area contributed by atoms with Crippen LogP contribution in [0.2, 0.25) is 0 Å². The molecule has 0 spiro atoms. The number of halogens is 1. The predicted molar refractivity (Wildman–Crippen MR) is 72.3 cm³/mol. The monoisotopic (exact) mass is 335 g/mol. The maximum absolute atomic E-state index is 11.9. The molecule has 2 fully saturated rings. The fraction of sp³-hybridized carbons (Fsp3) is 0.727. The van der Waals surface area contributed by atoms with Gasteiger partial charge in [-0.15, -0.1) is 0 Å². The lowest BCUT2D eigenvalue weighted by atomic mass is 9.98. The Morgan fingerprint density at radius 1 is 1.50 bits per heavy atom. The number of carbonyl (C=O) groups excluding carboxylic acids is 1. The van der Waals surface area contributed by atoms with Gasteiger partial charge in [-0.1, -0.05) is 6.08 Å². The first-order chi connectivity index (χ1) is 7.59. The zero-order valence-electron chi connectivity index (χ0n) is 9.77. The summed E-state index contributed by atoms with van der Waals surface area (Å²) in [6.07, 6.45) is 4.78. The second-order valence-electron chi connectivity index (χ2n) is 4.70. The smallest absolute Gasteiger partial charge is 0.246 e. The molecule has 2 saturated heterocycles. The quantitative estimate of drug-likeness (QED) is 0.432. The van der Waals surface area contributed by atoms with Gasteiger partial charge in [-0.05, 0) is 20.5 Å². The molecule has 0 aromatic heterocycles. The van der Waals surface area contributed by atoms with Gasteiger partial charge in [-0.2, -0.15) is 0 Å². The molecule has 2 heterocycles. The second kappa shape index (κ2) is 5.01. The molecule has 0 saturated carbocycles. The molecule has 0 radical (unpaired) electrons. The Hall–Kier alpha value is -0.140. The average molecular weight is 335 g/mol. The lowest BCUT2D eigenvalue weighted by Crippen LogP contribution is -2.61. The zero-order chi connectivity index (χ0) is 11.7. The predicted octanol–water partition coefficient (Wildman–Crippen LogP) is 0.739. The number of fused-ring (bicyclic) bond motifs is 1. The summed E-state index contributed by atoms with van der Waals surface area (Å²) in [5.74, 6) is 0.176. The Balaban J connectivity index is 1.82. The van der Waals surface area contributed by atoms with Gasteiger partial charge in [0.1, 0.15) is 0 Å². The van der Waals surface area contributed by atoms with Crippen LogP contribution in [0.15, 0.2) is 12.2 Å². The molecule has 4 nitrogen and oxygen atoms in total. The maximum Gasteiger partial charge on any atom is 0.246 e. The number of amides is 1. The Morgan fingerprint density at radius 3 is 2.88 bits per heavy atom. The van der Waals surface area contributed by atoms with Crippen LogP contribution in [0, 0.1) is 0 Å². The molecule has 0 aromatic carbocycles. The molecular weight excluding hydrogens is 317 g/mol. The summed E-state index contributed by atoms with van der Waals surface area (Å²) in [5.41, 5.74) is 0. The van der Waals surface area contributed by atoms with Crippen molar-refractivity contribution in [3.8, 4) is 0 Å². The van der Waals surface area contributed by atoms with Crippen molar-refractivity contribution in [1.29, 1.82) is 0 Å². The SMILES string of the molecule is CN(C)C/C=C/C(=O)N1CC2C1CCN2I. The summed E-state index contributed by atoms with van der Waals surface area (Å²) in [7, 11) is 4.00. The first kappa shape index (κ1) is 12.3. The number of likely N-dealkylation sites (N-methyl/N-ethyl adjacent to an activating group) is 1. The fourth-order valence-corrected chi connectivity index (χ4v) is 3.11. The van der Waals surface area contributed by atoms with E-state index >= 15 is 0 Å². The van der Waals surface area contributed by atoms with Crippen molar-refractivity contribution in [1.82, 2.24) is 12.9 Å². The van der Waals surface area contributed by atoms with Crippen LogP contribution in [0.3, 0.4) is 0 Å². The molecule has 2 aliphatic rings. The number of hydrogen-bond acceptors (Lipinski definition) is 3. The summed E-state index contributed by atoms with van der Waals surface area (Å²) in [5, 5.41) is 0. The Bertz CT molecular complexity index is 306. The molecule has 1 amide bonds. The fourth-order valence-electron chi connectivity index (χ4n) is 2.29. The van der Waals surface area contributed by atoms with E-state index in [0.717, 1.165) is 26.1 Å². The lowest BCUT2D eigenvalue weighted by molar-refractivity contribution is -0.134. The standard InChI is InChI=1S/C11H18IN3O/c1-13(2)6-3-4-11(16)14-8-10-9(14)5-7-15(10)12/h3-4,9-10H,5-8H2,1-2H3/b4-3+. The van der Waals surface area contributed by atoms with Gasteiger partial charge < -0.3 is 9.80 Å². The molecule has 5 heteroatoms. The largest absolute Gasteiger partial charge is 0.333 e. The number of carbonyl (C=O) groups is 1. The van der Waals surface area contributed by atoms with Gasteiger partial charge in [-0.3, -0.25) is 4.79 Å². The van der Waals surface area contributed by atoms with E-state index in [4.69, 9.17) is 0 Å². The summed E-state index contributed by atoms with van der Waals surface area (Å²) in [6, 6.07) is 1.07. The molecule has 0 N–H and O–H groups in total. The summed E-state index contributed by atoms with van der Waals surface area (Å²) < 4.78 is 2.33. The van der Waals surface area contributed by atoms with Gasteiger partial charge in [0.05, 0.1) is 12.1 Å². The zero-order valence-corrected chi connectivity index (χ0v) is 11.9. The van der Waals surface area contributed by atoms with Gasteiger partial charge in [0.25, 0.3) is 0 Å². The highest BCUT2D eigenvalue weighted by Crippen LogP contribution is 2.34. The first-order valence-electron chi connectivity index (χ1n) is 5.64. The van der Waals surface area contributed by atoms with Crippen LogP contribution in [0.5, 0.6) is 0 Å². The maximum atomic E-state index is 11.9. The van der Waals surface area contributed by atoms with Crippen LogP contribution < -0.4 is 0 Å². The highest BCUT2D eigenvalue weighted by molar-refractivity contribution is 14.1. The minimum atomic E-state index is 0.176. The third-order valence-electron chi connectivity index (χ3n) is 3.24. The minimum absolute atomic E-state index is 0.176. The number of hydrogen-bond donors (Lipinski definition) is 0. The van der Waals surface area contributed by atoms with Crippen molar-refractivity contribution in [3.63, 3.8) is 0 Å². The average Bonchev–Trinajstić information content (AvgIpc) is 2.41. The lowest BCUT2D eigenvalue weighted by Gasteiger charge is -2.45. The van der Waals surface area contributed by atoms with Crippen LogP contribution in [0.1, 0.15) is 6.42 Å². The van der Waals surface area contributed by atoms with E-state index < -0.39 is 0 Å². The van der Waals surface area contributed by atoms with E-state index in [1.165, 1.54) is 0 Å². The van der Waals surface area contributed by atoms with Crippen LogP contribution in [-0.2, 0) is 4.79 Å². The van der Waals surface area contributed by atoms with Gasteiger partial charge in [0, 0.05) is 48.6 Å². The van der Waals surface area contributed by atoms with Crippen LogP contribution in [-0.4, -0.2) is 64.6 Å². The summed E-state index contributed by atoms with van der Waals surface area (Å²) in [4.78, 5) is 15.9. The van der Waals surface area contributed by atoms with Crippen LogP contribution in [0.4, 0.5) is 0 Å². The van der Waals surface area contributed by atoms with E-state index in [1.54, 1.807) is 6.08 Å². The minimum Gasteiger partial charge on any atom is -0.333 e. The molecule has 0 aliphatic carbocycles. The van der Waals surface area contributed by atoms with Crippen LogP contribution >= 0.6 is 22.9 Å². The molecular formula is C11H18IN3O. The molecule has 90 valence electrons. The first-order valence-corrected chi connectivity index (χ1v) is 6.60. The molecule has 2 rings (SSSR count). The highest BCUT2D eigenvalue weighted by Gasteiger charge is 2.47. The second-order valence-corrected chi connectivity index (χ2v) is 5.94. The summed E-state index contributed by atoms with van der Waals surface area (Å²) in [6.45, 7) is 2.84. The van der Waals surface area contributed by atoms with Crippen molar-refractivity contribution in [2.75, 3.05) is 33.7 Å². The molecule has 2 aliphatic heterocycles. The van der Waals surface area contributed by atoms with E-state index in [-0.39, 0.29) is 5.91 Å². The Morgan fingerprint density at radius 2 is 2.25 bits per heavy atom. The molecule has 2 atom stereocenters. The Kier molecular flexibility index (Phi) is 3.86. The van der Waals surface area contributed by atoms with Crippen molar-refractivity contribution in [3.05, 3.63) is 12.2 Å². The van der Waals surface area contributed by atoms with E-state index in [9.17, 15) is 4.79 Å². The van der Waals surface area contributed by atoms with E-state index in [1.807, 2.05) is 30.0 Å². The highest BCUT2D eigenvalue weighted by atomic mass is 127. The van der Waals surface area contributed by atoms with Crippen molar-refractivity contribution < 1.29 is 4.79 Å². The summed E-state index contributed by atoms with van der Waals surface area (Å²) >= 11 is 2.37. The van der Waals surface area contributed by atoms with Gasteiger partial charge in [-0.25, -0.2) is 3.11 Å². The van der Waals surface area contributed by atoms with Crippen molar-refractivity contribution >= 4 is 28.8 Å². The third-order valence-corrected chi connectivity index (χ3v) is 4.44. The molecule has 16 heavy (non-hydrogen) atoms. The number of likely N-dealkylation sites (tertiary alicyclic amines) is 1. The number of nitrogens with zero attached hydrogens (tertiary/aromatic N) is 3. The van der Waals surface area contributed by atoms with E-state index in [0.29, 0.717) is 12.1 Å². The normalized spacial score (nSPS) is 29.9. The molecule has 0 aromatic rings. The van der Waals surface area contributed by atoms with Gasteiger partial charge >= 0.3 is 0 Å². The van der Waals surface area contributed by atoms with Gasteiger partial charge in [0.2, 0.25) is 5.91 Å². The molecule has 2 unspecified atom stereocenters.